The van der Waals surface area contributed by atoms with Crippen molar-refractivity contribution in [3.05, 3.63) is 35.9 Å². The van der Waals surface area contributed by atoms with Gasteiger partial charge in [0.1, 0.15) is 0 Å². The molecule has 1 fully saturated rings. The van der Waals surface area contributed by atoms with Crippen molar-refractivity contribution in [2.75, 3.05) is 63.6 Å². The lowest BCUT2D eigenvalue weighted by atomic mass is 10.1. The third kappa shape index (κ3) is 8.52. The molecular formula is C20H36IN5O2S2. The molecule has 1 aromatic carbocycles. The van der Waals surface area contributed by atoms with Crippen LogP contribution < -0.4 is 10.6 Å². The number of guanidine groups is 1. The van der Waals surface area contributed by atoms with Gasteiger partial charge in [-0.2, -0.15) is 11.8 Å². The highest BCUT2D eigenvalue weighted by molar-refractivity contribution is 14.0. The van der Waals surface area contributed by atoms with Gasteiger partial charge in [0, 0.05) is 44.7 Å². The summed E-state index contributed by atoms with van der Waals surface area (Å²) in [4.78, 5) is 6.66. The van der Waals surface area contributed by atoms with E-state index in [1.54, 1.807) is 23.1 Å². The van der Waals surface area contributed by atoms with E-state index in [1.807, 2.05) is 6.07 Å². The van der Waals surface area contributed by atoms with Crippen LogP contribution in [0.4, 0.5) is 0 Å². The molecule has 10 heteroatoms. The minimum absolute atomic E-state index is 0. The van der Waals surface area contributed by atoms with Crippen LogP contribution in [0.1, 0.15) is 25.5 Å². The summed E-state index contributed by atoms with van der Waals surface area (Å²) in [5.41, 5.74) is 1.25. The summed E-state index contributed by atoms with van der Waals surface area (Å²) in [6.45, 7) is 8.50. The molecule has 0 bridgehead atoms. The van der Waals surface area contributed by atoms with Gasteiger partial charge in [0.2, 0.25) is 10.0 Å². The predicted molar refractivity (Wildman–Crippen MR) is 140 cm³/mol. The number of rotatable bonds is 10. The van der Waals surface area contributed by atoms with Crippen molar-refractivity contribution < 1.29 is 8.42 Å². The van der Waals surface area contributed by atoms with E-state index in [2.05, 4.69) is 58.6 Å². The van der Waals surface area contributed by atoms with Crippen LogP contribution in [0, 0.1) is 0 Å². The Hall–Kier alpha value is -0.560. The first-order valence-electron chi connectivity index (χ1n) is 10.3. The molecule has 0 radical (unpaired) electrons. The number of halogens is 1. The molecule has 1 heterocycles. The number of nitrogens with one attached hydrogen (secondary N) is 2. The largest absolute Gasteiger partial charge is 0.355 e. The molecule has 0 saturated carbocycles. The highest BCUT2D eigenvalue weighted by Crippen LogP contribution is 2.19. The number of nitrogens with zero attached hydrogens (tertiary/aromatic N) is 3. The topological polar surface area (TPSA) is 77.0 Å². The van der Waals surface area contributed by atoms with Gasteiger partial charge in [0.25, 0.3) is 0 Å². The minimum Gasteiger partial charge on any atom is -0.355 e. The Morgan fingerprint density at radius 3 is 2.37 bits per heavy atom. The number of sulfonamides is 1. The molecule has 1 saturated heterocycles. The van der Waals surface area contributed by atoms with Crippen molar-refractivity contribution in [2.45, 2.75) is 19.9 Å². The van der Waals surface area contributed by atoms with E-state index in [9.17, 15) is 8.42 Å². The monoisotopic (exact) mass is 569 g/mol. The van der Waals surface area contributed by atoms with Crippen molar-refractivity contribution in [1.82, 2.24) is 19.8 Å². The van der Waals surface area contributed by atoms with Crippen molar-refractivity contribution in [3.63, 3.8) is 0 Å². The first-order valence-corrected chi connectivity index (χ1v) is 13.1. The lowest BCUT2D eigenvalue weighted by Crippen LogP contribution is -2.46. The number of likely N-dealkylation sites (N-methyl/N-ethyl adjacent to an activating group) is 1. The second-order valence-corrected chi connectivity index (χ2v) is 10.2. The fourth-order valence-corrected chi connectivity index (χ4v) is 5.95. The lowest BCUT2D eigenvalue weighted by molar-refractivity contribution is 0.219. The summed E-state index contributed by atoms with van der Waals surface area (Å²) >= 11 is 1.81. The summed E-state index contributed by atoms with van der Waals surface area (Å²) in [6.07, 6.45) is 0. The van der Waals surface area contributed by atoms with Crippen molar-refractivity contribution >= 4 is 51.7 Å². The number of benzene rings is 1. The summed E-state index contributed by atoms with van der Waals surface area (Å²) in [5.74, 6) is 2.46. The maximum absolute atomic E-state index is 12.5. The zero-order valence-electron chi connectivity index (χ0n) is 18.2. The van der Waals surface area contributed by atoms with Gasteiger partial charge >= 0.3 is 0 Å². The Morgan fingerprint density at radius 1 is 1.17 bits per heavy atom. The summed E-state index contributed by atoms with van der Waals surface area (Å²) in [5, 5.41) is 6.52. The Bertz CT molecular complexity index is 724. The summed E-state index contributed by atoms with van der Waals surface area (Å²) in [7, 11) is -1.51. The molecule has 1 unspecified atom stereocenters. The predicted octanol–water partition coefficient (Wildman–Crippen LogP) is 2.23. The fourth-order valence-electron chi connectivity index (χ4n) is 3.46. The highest BCUT2D eigenvalue weighted by Gasteiger charge is 2.24. The average molecular weight is 570 g/mol. The Labute approximate surface area is 203 Å². The fraction of sp³-hybridized carbons (Fsp3) is 0.650. The van der Waals surface area contributed by atoms with Crippen LogP contribution in [0.3, 0.4) is 0 Å². The van der Waals surface area contributed by atoms with E-state index in [4.69, 9.17) is 0 Å². The molecule has 2 rings (SSSR count). The Kier molecular flexibility index (Phi) is 13.3. The van der Waals surface area contributed by atoms with Gasteiger partial charge in [0.05, 0.1) is 11.8 Å². The molecule has 1 aliphatic rings. The summed E-state index contributed by atoms with van der Waals surface area (Å²) in [6, 6.07) is 10.7. The van der Waals surface area contributed by atoms with Gasteiger partial charge < -0.3 is 10.6 Å². The standard InChI is InChI=1S/C20H35N5O2S2.HI/c1-4-24(5-2)19(18-9-7-6-8-10-18)17-23-20(21-3)22-11-16-29(26,27)25-12-14-28-15-13-25;/h6-10,19H,4-5,11-17H2,1-3H3,(H2,21,22,23);1H. The molecule has 7 nitrogen and oxygen atoms in total. The number of thioether (sulfide) groups is 1. The zero-order valence-corrected chi connectivity index (χ0v) is 22.2. The Morgan fingerprint density at radius 2 is 1.80 bits per heavy atom. The molecule has 0 spiro atoms. The molecule has 30 heavy (non-hydrogen) atoms. The number of aliphatic imine (C=N–C) groups is 1. The van der Waals surface area contributed by atoms with Crippen molar-refractivity contribution in [3.8, 4) is 0 Å². The van der Waals surface area contributed by atoms with Gasteiger partial charge in [0.15, 0.2) is 5.96 Å². The van der Waals surface area contributed by atoms with Crippen LogP contribution in [0.2, 0.25) is 0 Å². The van der Waals surface area contributed by atoms with Crippen molar-refractivity contribution in [1.29, 1.82) is 0 Å². The van der Waals surface area contributed by atoms with Gasteiger partial charge in [-0.1, -0.05) is 44.2 Å². The van der Waals surface area contributed by atoms with Crippen LogP contribution in [0.5, 0.6) is 0 Å². The van der Waals surface area contributed by atoms with Gasteiger partial charge in [-0.15, -0.1) is 24.0 Å². The van der Waals surface area contributed by atoms with Gasteiger partial charge in [-0.25, -0.2) is 12.7 Å². The summed E-state index contributed by atoms with van der Waals surface area (Å²) < 4.78 is 26.6. The van der Waals surface area contributed by atoms with Gasteiger partial charge in [-0.05, 0) is 18.7 Å². The van der Waals surface area contributed by atoms with Crippen LogP contribution in [-0.4, -0.2) is 87.2 Å². The van der Waals surface area contributed by atoms with Crippen LogP contribution in [0.15, 0.2) is 35.3 Å². The third-order valence-electron chi connectivity index (χ3n) is 5.14. The first kappa shape index (κ1) is 27.5. The van der Waals surface area contributed by atoms with E-state index in [0.717, 1.165) is 24.6 Å². The molecule has 0 aliphatic carbocycles. The van der Waals surface area contributed by atoms with E-state index >= 15 is 0 Å². The smallest absolute Gasteiger partial charge is 0.215 e. The maximum atomic E-state index is 12.5. The second kappa shape index (κ2) is 14.5. The van der Waals surface area contributed by atoms with E-state index in [-0.39, 0.29) is 35.8 Å². The zero-order chi connectivity index (χ0) is 21.1. The van der Waals surface area contributed by atoms with Crippen LogP contribution in [-0.2, 0) is 10.0 Å². The molecule has 0 aromatic heterocycles. The SMILES string of the molecule is CCN(CC)C(CNC(=NC)NCCS(=O)(=O)N1CCSCC1)c1ccccc1.I. The molecule has 2 N–H and O–H groups in total. The number of hydrogen-bond donors (Lipinski definition) is 2. The second-order valence-electron chi connectivity index (χ2n) is 6.86. The number of hydrogen-bond acceptors (Lipinski definition) is 5. The minimum atomic E-state index is -3.22. The van der Waals surface area contributed by atoms with E-state index in [1.165, 1.54) is 5.56 Å². The van der Waals surface area contributed by atoms with Crippen LogP contribution >= 0.6 is 35.7 Å². The first-order chi connectivity index (χ1) is 14.0. The van der Waals surface area contributed by atoms with E-state index < -0.39 is 10.0 Å². The molecular weight excluding hydrogens is 533 g/mol. The third-order valence-corrected chi connectivity index (χ3v) is 7.95. The maximum Gasteiger partial charge on any atom is 0.215 e. The highest BCUT2D eigenvalue weighted by atomic mass is 127. The normalized spacial score (nSPS) is 16.7. The molecule has 0 amide bonds. The quantitative estimate of drug-likeness (QED) is 0.256. The molecule has 172 valence electrons. The lowest BCUT2D eigenvalue weighted by Gasteiger charge is -2.31. The van der Waals surface area contributed by atoms with Crippen LogP contribution in [0.25, 0.3) is 0 Å². The van der Waals surface area contributed by atoms with Gasteiger partial charge in [-0.3, -0.25) is 9.89 Å². The molecule has 1 aromatic rings. The molecule has 1 aliphatic heterocycles. The van der Waals surface area contributed by atoms with E-state index in [0.29, 0.717) is 32.1 Å². The Balaban J connectivity index is 0.00000450. The molecule has 1 atom stereocenters. The average Bonchev–Trinajstić information content (AvgIpc) is 2.76. The van der Waals surface area contributed by atoms with Crippen molar-refractivity contribution in [2.24, 2.45) is 4.99 Å².